The van der Waals surface area contributed by atoms with Crippen molar-refractivity contribution in [3.05, 3.63) is 47.5 Å². The van der Waals surface area contributed by atoms with Gasteiger partial charge in [-0.05, 0) is 82.5 Å². The second-order valence-electron chi connectivity index (χ2n) is 10.0. The van der Waals surface area contributed by atoms with Crippen LogP contribution in [-0.2, 0) is 4.74 Å². The van der Waals surface area contributed by atoms with Crippen LogP contribution < -0.4 is 10.6 Å². The first kappa shape index (κ1) is 24.6. The number of piperidine rings is 1. The Labute approximate surface area is 206 Å². The second-order valence-corrected chi connectivity index (χ2v) is 10.0. The molecule has 0 radical (unpaired) electrons. The summed E-state index contributed by atoms with van der Waals surface area (Å²) in [7, 11) is 0. The highest BCUT2D eigenvalue weighted by molar-refractivity contribution is 5.81. The number of oxazole rings is 1. The van der Waals surface area contributed by atoms with Crippen molar-refractivity contribution >= 4 is 22.8 Å². The number of nitriles is 1. The number of likely N-dealkylation sites (tertiary alicyclic amines) is 1. The number of aryl methyl sites for hydroxylation is 1. The zero-order chi connectivity index (χ0) is 25.0. The average molecular weight is 476 g/mol. The number of benzene rings is 2. The highest BCUT2D eigenvalue weighted by Gasteiger charge is 2.25. The van der Waals surface area contributed by atoms with Crippen LogP contribution in [0, 0.1) is 18.3 Å². The van der Waals surface area contributed by atoms with Gasteiger partial charge >= 0.3 is 6.03 Å². The van der Waals surface area contributed by atoms with Crippen molar-refractivity contribution in [1.82, 2.24) is 15.2 Å². The summed E-state index contributed by atoms with van der Waals surface area (Å²) in [5, 5.41) is 15.6. The maximum Gasteiger partial charge on any atom is 0.317 e. The molecule has 1 aliphatic heterocycles. The number of hydrogen-bond donors (Lipinski definition) is 2. The van der Waals surface area contributed by atoms with Crippen molar-refractivity contribution in [2.75, 3.05) is 31.6 Å². The molecule has 0 spiro atoms. The van der Waals surface area contributed by atoms with E-state index in [-0.39, 0.29) is 17.7 Å². The van der Waals surface area contributed by atoms with Gasteiger partial charge < -0.3 is 24.7 Å². The lowest BCUT2D eigenvalue weighted by Gasteiger charge is -2.34. The maximum atomic E-state index is 12.3. The van der Waals surface area contributed by atoms with Gasteiger partial charge in [-0.1, -0.05) is 0 Å². The van der Waals surface area contributed by atoms with Gasteiger partial charge in [0.2, 0.25) is 5.89 Å². The summed E-state index contributed by atoms with van der Waals surface area (Å²) in [6, 6.07) is 13.6. The highest BCUT2D eigenvalue weighted by atomic mass is 16.5. The van der Waals surface area contributed by atoms with Crippen LogP contribution in [0.15, 0.2) is 40.8 Å². The van der Waals surface area contributed by atoms with Crippen molar-refractivity contribution < 1.29 is 13.9 Å². The number of nitrogens with zero attached hydrogens (tertiary/aromatic N) is 3. The Morgan fingerprint density at radius 1 is 1.23 bits per heavy atom. The largest absolute Gasteiger partial charge is 0.436 e. The first-order valence-electron chi connectivity index (χ1n) is 12.1. The molecule has 2 amide bonds. The molecule has 3 aromatic rings. The van der Waals surface area contributed by atoms with Crippen LogP contribution in [0.5, 0.6) is 0 Å². The van der Waals surface area contributed by atoms with Gasteiger partial charge in [0.25, 0.3) is 0 Å². The molecule has 0 bridgehead atoms. The number of carbonyl (C=O) groups is 1. The van der Waals surface area contributed by atoms with Crippen LogP contribution in [0.1, 0.15) is 44.7 Å². The third-order valence-corrected chi connectivity index (χ3v) is 5.93. The summed E-state index contributed by atoms with van der Waals surface area (Å²) in [6.45, 7) is 10.6. The molecule has 35 heavy (non-hydrogen) atoms. The number of hydrogen-bond acceptors (Lipinski definition) is 6. The molecule has 1 aliphatic rings. The zero-order valence-electron chi connectivity index (χ0n) is 20.9. The van der Waals surface area contributed by atoms with Crippen molar-refractivity contribution in [3.8, 4) is 17.5 Å². The predicted octanol–water partition coefficient (Wildman–Crippen LogP) is 5.08. The quantitative estimate of drug-likeness (QED) is 0.482. The van der Waals surface area contributed by atoms with Gasteiger partial charge in [0, 0.05) is 36.4 Å². The number of amides is 2. The van der Waals surface area contributed by atoms with Crippen LogP contribution in [0.4, 0.5) is 10.5 Å². The predicted molar refractivity (Wildman–Crippen MR) is 136 cm³/mol. The van der Waals surface area contributed by atoms with E-state index in [1.165, 1.54) is 0 Å². The number of urea groups is 1. The number of ether oxygens (including phenoxy) is 1. The molecule has 0 unspecified atom stereocenters. The molecular formula is C27H33N5O3. The fourth-order valence-electron chi connectivity index (χ4n) is 4.17. The van der Waals surface area contributed by atoms with Crippen LogP contribution in [0.3, 0.4) is 0 Å². The normalized spacial score (nSPS) is 14.7. The summed E-state index contributed by atoms with van der Waals surface area (Å²) in [4.78, 5) is 18.7. The molecule has 2 N–H and O–H groups in total. The lowest BCUT2D eigenvalue weighted by Crippen LogP contribution is -2.51. The van der Waals surface area contributed by atoms with Crippen molar-refractivity contribution in [3.63, 3.8) is 0 Å². The van der Waals surface area contributed by atoms with Gasteiger partial charge in [0.15, 0.2) is 5.58 Å². The van der Waals surface area contributed by atoms with Gasteiger partial charge in [-0.3, -0.25) is 0 Å². The molecule has 0 aliphatic carbocycles. The number of nitrogens with one attached hydrogen (secondary N) is 2. The van der Waals surface area contributed by atoms with Crippen LogP contribution in [0.25, 0.3) is 22.6 Å². The number of carbonyl (C=O) groups excluding carboxylic acids is 1. The summed E-state index contributed by atoms with van der Waals surface area (Å²) in [5.74, 6) is 0.538. The summed E-state index contributed by atoms with van der Waals surface area (Å²) in [5.41, 5.74) is 4.52. The lowest BCUT2D eigenvalue weighted by molar-refractivity contribution is 0.0198. The highest BCUT2D eigenvalue weighted by Crippen LogP contribution is 2.28. The third kappa shape index (κ3) is 6.31. The molecule has 184 valence electrons. The van der Waals surface area contributed by atoms with E-state index in [1.807, 2.05) is 56.9 Å². The zero-order valence-corrected chi connectivity index (χ0v) is 20.9. The standard InChI is InChI=1S/C27H33N5O3/c1-18-15-19(17-28)16-23-24(18)35-25(30-23)20-5-7-21(8-6-20)29-11-14-34-22-9-12-32(13-10-22)26(33)31-27(2,3)4/h5-8,15-16,22,29H,9-14H2,1-4H3,(H,31,33). The van der Waals surface area contributed by atoms with Gasteiger partial charge in [0.05, 0.1) is 24.3 Å². The SMILES string of the molecule is Cc1cc(C#N)cc2nc(-c3ccc(NCCOC4CCN(C(=O)NC(C)(C)C)CC4)cc3)oc12. The van der Waals surface area contributed by atoms with Crippen LogP contribution in [-0.4, -0.2) is 53.8 Å². The van der Waals surface area contributed by atoms with E-state index in [0.29, 0.717) is 48.8 Å². The Hall–Kier alpha value is -3.57. The Morgan fingerprint density at radius 3 is 2.60 bits per heavy atom. The molecule has 1 aromatic heterocycles. The second kappa shape index (κ2) is 10.4. The molecule has 4 rings (SSSR count). The van der Waals surface area contributed by atoms with E-state index in [9.17, 15) is 4.79 Å². The molecule has 1 fully saturated rings. The number of anilines is 1. The fourth-order valence-corrected chi connectivity index (χ4v) is 4.17. The first-order chi connectivity index (χ1) is 16.7. The van der Waals surface area contributed by atoms with Crippen LogP contribution in [0.2, 0.25) is 0 Å². The Balaban J connectivity index is 1.22. The minimum Gasteiger partial charge on any atom is -0.436 e. The van der Waals surface area contributed by atoms with E-state index in [1.54, 1.807) is 12.1 Å². The van der Waals surface area contributed by atoms with Crippen molar-refractivity contribution in [2.24, 2.45) is 0 Å². The van der Waals surface area contributed by atoms with Gasteiger partial charge in [-0.15, -0.1) is 0 Å². The molecule has 8 heteroatoms. The third-order valence-electron chi connectivity index (χ3n) is 5.93. The molecule has 8 nitrogen and oxygen atoms in total. The van der Waals surface area contributed by atoms with Crippen LogP contribution >= 0.6 is 0 Å². The van der Waals surface area contributed by atoms with Crippen molar-refractivity contribution in [2.45, 2.75) is 52.2 Å². The summed E-state index contributed by atoms with van der Waals surface area (Å²) >= 11 is 0. The fraction of sp³-hybridized carbons (Fsp3) is 0.444. The minimum absolute atomic E-state index is 0.000892. The van der Waals surface area contributed by atoms with E-state index in [2.05, 4.69) is 21.7 Å². The molecule has 0 saturated carbocycles. The monoisotopic (exact) mass is 475 g/mol. The topological polar surface area (TPSA) is 103 Å². The Morgan fingerprint density at radius 2 is 1.94 bits per heavy atom. The smallest absolute Gasteiger partial charge is 0.317 e. The minimum atomic E-state index is -0.224. The molecule has 2 aromatic carbocycles. The summed E-state index contributed by atoms with van der Waals surface area (Å²) < 4.78 is 12.0. The number of rotatable bonds is 6. The van der Waals surface area contributed by atoms with E-state index in [4.69, 9.17) is 14.4 Å². The van der Waals surface area contributed by atoms with Gasteiger partial charge in [-0.2, -0.15) is 5.26 Å². The molecular weight excluding hydrogens is 442 g/mol. The number of aromatic nitrogens is 1. The Bertz CT molecular complexity index is 1210. The van der Waals surface area contributed by atoms with Gasteiger partial charge in [-0.25, -0.2) is 9.78 Å². The Kier molecular flexibility index (Phi) is 7.27. The van der Waals surface area contributed by atoms with Crippen molar-refractivity contribution in [1.29, 1.82) is 5.26 Å². The lowest BCUT2D eigenvalue weighted by atomic mass is 10.1. The van der Waals surface area contributed by atoms with E-state index in [0.717, 1.165) is 29.7 Å². The number of fused-ring (bicyclic) bond motifs is 1. The molecule has 0 atom stereocenters. The van der Waals surface area contributed by atoms with Gasteiger partial charge in [0.1, 0.15) is 5.52 Å². The molecule has 2 heterocycles. The average Bonchev–Trinajstić information content (AvgIpc) is 3.26. The molecule has 1 saturated heterocycles. The van der Waals surface area contributed by atoms with E-state index >= 15 is 0 Å². The summed E-state index contributed by atoms with van der Waals surface area (Å²) in [6.07, 6.45) is 1.89. The maximum absolute atomic E-state index is 12.3. The van der Waals surface area contributed by atoms with E-state index < -0.39 is 0 Å². The first-order valence-corrected chi connectivity index (χ1v) is 12.1.